The van der Waals surface area contributed by atoms with Crippen LogP contribution in [0.3, 0.4) is 0 Å². The first-order chi connectivity index (χ1) is 8.13. The van der Waals surface area contributed by atoms with Crippen LogP contribution in [0, 0.1) is 6.92 Å². The summed E-state index contributed by atoms with van der Waals surface area (Å²) in [5, 5.41) is 3.24. The zero-order valence-electron chi connectivity index (χ0n) is 9.40. The summed E-state index contributed by atoms with van der Waals surface area (Å²) in [6.07, 6.45) is 0.971. The van der Waals surface area contributed by atoms with Gasteiger partial charge in [0, 0.05) is 23.2 Å². The van der Waals surface area contributed by atoms with Gasteiger partial charge in [0.15, 0.2) is 0 Å². The Hall–Kier alpha value is -1.14. The Morgan fingerprint density at radius 1 is 1.41 bits per heavy atom. The van der Waals surface area contributed by atoms with Gasteiger partial charge in [-0.25, -0.2) is 4.98 Å². The molecule has 0 saturated carbocycles. The smallest absolute Gasteiger partial charge is 0.222 e. The SMILES string of the molecule is Cc1cc(NCCc2ccc(Br)s2)nc(N)n1. The van der Waals surface area contributed by atoms with Crippen molar-refractivity contribution in [1.82, 2.24) is 9.97 Å². The Kier molecular flexibility index (Phi) is 3.96. The van der Waals surface area contributed by atoms with Crippen molar-refractivity contribution >= 4 is 39.0 Å². The molecule has 0 saturated heterocycles. The Labute approximate surface area is 112 Å². The van der Waals surface area contributed by atoms with E-state index in [0.29, 0.717) is 5.95 Å². The maximum Gasteiger partial charge on any atom is 0.222 e. The van der Waals surface area contributed by atoms with Crippen LogP contribution >= 0.6 is 27.3 Å². The zero-order chi connectivity index (χ0) is 12.3. The Balaban J connectivity index is 1.89. The van der Waals surface area contributed by atoms with Gasteiger partial charge < -0.3 is 11.1 Å². The lowest BCUT2D eigenvalue weighted by atomic mass is 10.3. The van der Waals surface area contributed by atoms with E-state index >= 15 is 0 Å². The monoisotopic (exact) mass is 312 g/mol. The Bertz CT molecular complexity index is 492. The molecule has 0 aliphatic carbocycles. The van der Waals surface area contributed by atoms with Crippen LogP contribution in [-0.4, -0.2) is 16.5 Å². The molecule has 4 nitrogen and oxygen atoms in total. The lowest BCUT2D eigenvalue weighted by molar-refractivity contribution is 1.01. The quantitative estimate of drug-likeness (QED) is 0.911. The number of rotatable bonds is 4. The molecule has 0 aliphatic rings. The molecule has 0 radical (unpaired) electrons. The Morgan fingerprint density at radius 3 is 2.88 bits per heavy atom. The van der Waals surface area contributed by atoms with Gasteiger partial charge in [-0.2, -0.15) is 4.98 Å². The molecule has 3 N–H and O–H groups in total. The van der Waals surface area contributed by atoms with E-state index < -0.39 is 0 Å². The maximum atomic E-state index is 5.58. The first kappa shape index (κ1) is 12.3. The van der Waals surface area contributed by atoms with E-state index in [-0.39, 0.29) is 0 Å². The van der Waals surface area contributed by atoms with E-state index in [4.69, 9.17) is 5.73 Å². The second-order valence-electron chi connectivity index (χ2n) is 3.64. The summed E-state index contributed by atoms with van der Waals surface area (Å²) in [5.74, 6) is 1.09. The van der Waals surface area contributed by atoms with E-state index in [2.05, 4.69) is 43.3 Å². The minimum atomic E-state index is 0.311. The maximum absolute atomic E-state index is 5.58. The molecule has 2 rings (SSSR count). The third kappa shape index (κ3) is 3.67. The lowest BCUT2D eigenvalue weighted by Gasteiger charge is -2.05. The number of nitrogens with one attached hydrogen (secondary N) is 1. The largest absolute Gasteiger partial charge is 0.370 e. The predicted octanol–water partition coefficient (Wildman–Crippen LogP) is 2.85. The van der Waals surface area contributed by atoms with Gasteiger partial charge in [0.25, 0.3) is 0 Å². The highest BCUT2D eigenvalue weighted by atomic mass is 79.9. The van der Waals surface area contributed by atoms with Gasteiger partial charge >= 0.3 is 0 Å². The van der Waals surface area contributed by atoms with E-state index in [1.165, 1.54) is 4.88 Å². The van der Waals surface area contributed by atoms with E-state index in [0.717, 1.165) is 28.3 Å². The van der Waals surface area contributed by atoms with Crippen molar-refractivity contribution in [2.75, 3.05) is 17.6 Å². The van der Waals surface area contributed by atoms with Gasteiger partial charge in [-0.3, -0.25) is 0 Å². The van der Waals surface area contributed by atoms with Crippen molar-refractivity contribution in [3.8, 4) is 0 Å². The number of aromatic nitrogens is 2. The molecular weight excluding hydrogens is 300 g/mol. The second-order valence-corrected chi connectivity index (χ2v) is 6.18. The normalized spacial score (nSPS) is 10.5. The third-order valence-corrected chi connectivity index (χ3v) is 3.86. The van der Waals surface area contributed by atoms with Crippen molar-refractivity contribution < 1.29 is 0 Å². The lowest BCUT2D eigenvalue weighted by Crippen LogP contribution is -2.08. The van der Waals surface area contributed by atoms with Crippen LogP contribution in [0.2, 0.25) is 0 Å². The molecule has 2 heterocycles. The highest BCUT2D eigenvalue weighted by Gasteiger charge is 2.00. The fraction of sp³-hybridized carbons (Fsp3) is 0.273. The summed E-state index contributed by atoms with van der Waals surface area (Å²) < 4.78 is 1.16. The van der Waals surface area contributed by atoms with Crippen molar-refractivity contribution in [2.24, 2.45) is 0 Å². The second kappa shape index (κ2) is 5.46. The van der Waals surface area contributed by atoms with Crippen LogP contribution in [0.1, 0.15) is 10.6 Å². The number of hydrogen-bond acceptors (Lipinski definition) is 5. The molecular formula is C11H13BrN4S. The fourth-order valence-corrected chi connectivity index (χ4v) is 2.96. The predicted molar refractivity (Wildman–Crippen MR) is 75.4 cm³/mol. The molecule has 0 spiro atoms. The van der Waals surface area contributed by atoms with Crippen molar-refractivity contribution in [3.63, 3.8) is 0 Å². The molecule has 90 valence electrons. The van der Waals surface area contributed by atoms with Gasteiger partial charge in [-0.15, -0.1) is 11.3 Å². The van der Waals surface area contributed by atoms with Gasteiger partial charge in [-0.05, 0) is 41.4 Å². The molecule has 0 aliphatic heterocycles. The number of aryl methyl sites for hydroxylation is 1. The van der Waals surface area contributed by atoms with E-state index in [1.54, 1.807) is 11.3 Å². The molecule has 17 heavy (non-hydrogen) atoms. The molecule has 2 aromatic rings. The number of nitrogen functional groups attached to an aromatic ring is 1. The molecule has 0 bridgehead atoms. The van der Waals surface area contributed by atoms with Crippen LogP contribution in [0.15, 0.2) is 22.0 Å². The summed E-state index contributed by atoms with van der Waals surface area (Å²) in [5.41, 5.74) is 6.45. The zero-order valence-corrected chi connectivity index (χ0v) is 11.8. The average Bonchev–Trinajstić information content (AvgIpc) is 2.63. The van der Waals surface area contributed by atoms with E-state index in [1.807, 2.05) is 13.0 Å². The van der Waals surface area contributed by atoms with Crippen LogP contribution in [-0.2, 0) is 6.42 Å². The van der Waals surface area contributed by atoms with Gasteiger partial charge in [0.05, 0.1) is 3.79 Å². The molecule has 2 aromatic heterocycles. The average molecular weight is 313 g/mol. The van der Waals surface area contributed by atoms with Crippen LogP contribution in [0.25, 0.3) is 0 Å². The number of halogens is 1. The molecule has 6 heteroatoms. The van der Waals surface area contributed by atoms with Crippen LogP contribution < -0.4 is 11.1 Å². The number of hydrogen-bond donors (Lipinski definition) is 2. The fourth-order valence-electron chi connectivity index (χ4n) is 1.48. The van der Waals surface area contributed by atoms with Gasteiger partial charge in [0.2, 0.25) is 5.95 Å². The summed E-state index contributed by atoms with van der Waals surface area (Å²) in [7, 11) is 0. The summed E-state index contributed by atoms with van der Waals surface area (Å²) in [4.78, 5) is 9.48. The molecule has 0 aromatic carbocycles. The Morgan fingerprint density at radius 2 is 2.24 bits per heavy atom. The van der Waals surface area contributed by atoms with Crippen molar-refractivity contribution in [3.05, 3.63) is 32.6 Å². The molecule has 0 amide bonds. The first-order valence-electron chi connectivity index (χ1n) is 5.23. The standard InChI is InChI=1S/C11H13BrN4S/c1-7-6-10(16-11(13)15-7)14-5-4-8-2-3-9(12)17-8/h2-3,6H,4-5H2,1H3,(H3,13,14,15,16). The minimum absolute atomic E-state index is 0.311. The van der Waals surface area contributed by atoms with Gasteiger partial charge in [-0.1, -0.05) is 0 Å². The summed E-state index contributed by atoms with van der Waals surface area (Å²) in [6.45, 7) is 2.74. The number of anilines is 2. The highest BCUT2D eigenvalue weighted by Crippen LogP contribution is 2.22. The molecule has 0 fully saturated rings. The summed E-state index contributed by atoms with van der Waals surface area (Å²) >= 11 is 5.20. The first-order valence-corrected chi connectivity index (χ1v) is 6.83. The minimum Gasteiger partial charge on any atom is -0.370 e. The van der Waals surface area contributed by atoms with E-state index in [9.17, 15) is 0 Å². The van der Waals surface area contributed by atoms with Gasteiger partial charge in [0.1, 0.15) is 5.82 Å². The summed E-state index contributed by atoms with van der Waals surface area (Å²) in [6, 6.07) is 6.07. The van der Waals surface area contributed by atoms with Crippen LogP contribution in [0.4, 0.5) is 11.8 Å². The number of nitrogens with two attached hydrogens (primary N) is 1. The molecule has 0 unspecified atom stereocenters. The number of nitrogens with zero attached hydrogens (tertiary/aromatic N) is 2. The van der Waals surface area contributed by atoms with Crippen molar-refractivity contribution in [1.29, 1.82) is 0 Å². The topological polar surface area (TPSA) is 63.8 Å². The number of thiophene rings is 1. The third-order valence-electron chi connectivity index (χ3n) is 2.18. The van der Waals surface area contributed by atoms with Crippen molar-refractivity contribution in [2.45, 2.75) is 13.3 Å². The van der Waals surface area contributed by atoms with Crippen LogP contribution in [0.5, 0.6) is 0 Å². The highest BCUT2D eigenvalue weighted by molar-refractivity contribution is 9.11. The molecule has 0 atom stereocenters.